The number of nitrogens with zero attached hydrogens (tertiary/aromatic N) is 1. The molecular weight excluding hydrogens is 599 g/mol. The van der Waals surface area contributed by atoms with E-state index in [1.54, 1.807) is 0 Å². The molecule has 0 amide bonds. The topological polar surface area (TPSA) is 3.24 Å². The van der Waals surface area contributed by atoms with Crippen LogP contribution in [0.1, 0.15) is 0 Å². The summed E-state index contributed by atoms with van der Waals surface area (Å²) in [6.07, 6.45) is 0. The Labute approximate surface area is 282 Å². The molecule has 9 aromatic carbocycles. The number of benzene rings is 9. The Morgan fingerprint density at radius 3 is 1.81 bits per heavy atom. The van der Waals surface area contributed by atoms with E-state index in [4.69, 9.17) is 0 Å². The molecule has 0 aliphatic rings. The molecular formula is C46H29NS. The smallest absolute Gasteiger partial charge is 0.0554 e. The summed E-state index contributed by atoms with van der Waals surface area (Å²) in [4.78, 5) is 2.41. The number of fused-ring (bicyclic) bond motifs is 10. The molecule has 10 aromatic rings. The van der Waals surface area contributed by atoms with Gasteiger partial charge in [0.1, 0.15) is 0 Å². The van der Waals surface area contributed by atoms with Crippen LogP contribution < -0.4 is 4.90 Å². The standard InChI is InChI=1S/C46H29NS/c1-2-11-36(12-3-1)47(42-15-8-10-33-25-28-40-39-14-6-7-16-43(39)48-46(40)45(33)42)37-26-23-30(24-27-37)35-22-19-32-18-21-34-20-17-31-9-4-5-13-38(31)44(34)41(32)29-35/h1-29H. The quantitative estimate of drug-likeness (QED) is 0.176. The molecule has 1 nitrogen and oxygen atoms in total. The van der Waals surface area contributed by atoms with Crippen LogP contribution in [-0.4, -0.2) is 0 Å². The summed E-state index contributed by atoms with van der Waals surface area (Å²) in [5.41, 5.74) is 5.88. The molecule has 0 fully saturated rings. The van der Waals surface area contributed by atoms with Gasteiger partial charge in [-0.05, 0) is 91.3 Å². The van der Waals surface area contributed by atoms with Crippen molar-refractivity contribution in [3.05, 3.63) is 176 Å². The molecule has 0 saturated carbocycles. The molecule has 1 heterocycles. The Morgan fingerprint density at radius 1 is 0.354 bits per heavy atom. The third kappa shape index (κ3) is 4.24. The lowest BCUT2D eigenvalue weighted by Crippen LogP contribution is -2.10. The van der Waals surface area contributed by atoms with Gasteiger partial charge in [-0.15, -0.1) is 11.3 Å². The van der Waals surface area contributed by atoms with Crippen LogP contribution in [0.25, 0.3) is 74.4 Å². The number of hydrogen-bond acceptors (Lipinski definition) is 2. The van der Waals surface area contributed by atoms with Crippen LogP contribution in [0.3, 0.4) is 0 Å². The number of anilines is 3. The highest BCUT2D eigenvalue weighted by Crippen LogP contribution is 2.46. The zero-order valence-electron chi connectivity index (χ0n) is 26.1. The maximum Gasteiger partial charge on any atom is 0.0554 e. The van der Waals surface area contributed by atoms with Crippen molar-refractivity contribution in [1.29, 1.82) is 0 Å². The Balaban J connectivity index is 1.14. The Hall–Kier alpha value is -5.96. The van der Waals surface area contributed by atoms with Crippen molar-refractivity contribution in [2.75, 3.05) is 4.90 Å². The van der Waals surface area contributed by atoms with Crippen LogP contribution in [0.15, 0.2) is 176 Å². The van der Waals surface area contributed by atoms with Crippen LogP contribution in [0, 0.1) is 0 Å². The summed E-state index contributed by atoms with van der Waals surface area (Å²) in [6.45, 7) is 0. The van der Waals surface area contributed by atoms with E-state index in [0.29, 0.717) is 0 Å². The van der Waals surface area contributed by atoms with E-state index in [-0.39, 0.29) is 0 Å². The largest absolute Gasteiger partial charge is 0.310 e. The van der Waals surface area contributed by atoms with Crippen LogP contribution in [0.4, 0.5) is 17.1 Å². The molecule has 0 spiro atoms. The fourth-order valence-corrected chi connectivity index (χ4v) is 8.80. The van der Waals surface area contributed by atoms with Gasteiger partial charge < -0.3 is 4.90 Å². The number of hydrogen-bond donors (Lipinski definition) is 0. The third-order valence-corrected chi connectivity index (χ3v) is 11.0. The zero-order valence-corrected chi connectivity index (χ0v) is 26.9. The molecule has 0 saturated heterocycles. The molecule has 0 N–H and O–H groups in total. The molecule has 0 unspecified atom stereocenters. The first-order chi connectivity index (χ1) is 23.8. The minimum absolute atomic E-state index is 1.13. The predicted octanol–water partition coefficient (Wildman–Crippen LogP) is 13.8. The Bertz CT molecular complexity index is 2820. The molecule has 0 aliphatic carbocycles. The van der Waals surface area contributed by atoms with Gasteiger partial charge >= 0.3 is 0 Å². The van der Waals surface area contributed by atoms with Gasteiger partial charge in [0.15, 0.2) is 0 Å². The fraction of sp³-hybridized carbons (Fsp3) is 0. The highest BCUT2D eigenvalue weighted by atomic mass is 32.1. The average molecular weight is 628 g/mol. The van der Waals surface area contributed by atoms with Crippen LogP contribution in [0.5, 0.6) is 0 Å². The van der Waals surface area contributed by atoms with E-state index < -0.39 is 0 Å². The molecule has 0 radical (unpaired) electrons. The van der Waals surface area contributed by atoms with E-state index in [0.717, 1.165) is 11.4 Å². The van der Waals surface area contributed by atoms with Crippen molar-refractivity contribution in [2.45, 2.75) is 0 Å². The molecule has 48 heavy (non-hydrogen) atoms. The van der Waals surface area contributed by atoms with Crippen molar-refractivity contribution >= 4 is 91.7 Å². The Morgan fingerprint density at radius 2 is 0.958 bits per heavy atom. The van der Waals surface area contributed by atoms with E-state index >= 15 is 0 Å². The van der Waals surface area contributed by atoms with Gasteiger partial charge in [-0.1, -0.05) is 133 Å². The number of thiophene rings is 1. The van der Waals surface area contributed by atoms with Crippen LogP contribution in [0.2, 0.25) is 0 Å². The predicted molar refractivity (Wildman–Crippen MR) is 209 cm³/mol. The summed E-state index contributed by atoms with van der Waals surface area (Å²) in [6, 6.07) is 64.4. The van der Waals surface area contributed by atoms with Gasteiger partial charge in [0.05, 0.1) is 5.69 Å². The lowest BCUT2D eigenvalue weighted by Gasteiger charge is -2.27. The van der Waals surface area contributed by atoms with Crippen molar-refractivity contribution in [2.24, 2.45) is 0 Å². The minimum atomic E-state index is 1.13. The lowest BCUT2D eigenvalue weighted by atomic mass is 9.94. The summed E-state index contributed by atoms with van der Waals surface area (Å²) >= 11 is 1.89. The van der Waals surface area contributed by atoms with Gasteiger partial charge in [-0.25, -0.2) is 0 Å². The maximum absolute atomic E-state index is 2.41. The van der Waals surface area contributed by atoms with Crippen molar-refractivity contribution in [3.63, 3.8) is 0 Å². The lowest BCUT2D eigenvalue weighted by molar-refractivity contribution is 1.30. The molecule has 2 heteroatoms. The molecule has 0 aliphatic heterocycles. The van der Waals surface area contributed by atoms with E-state index in [1.807, 2.05) is 11.3 Å². The fourth-order valence-electron chi connectivity index (χ4n) is 7.53. The second-order valence-electron chi connectivity index (χ2n) is 12.5. The monoisotopic (exact) mass is 627 g/mol. The van der Waals surface area contributed by atoms with Gasteiger partial charge in [0.25, 0.3) is 0 Å². The number of para-hydroxylation sites is 1. The van der Waals surface area contributed by atoms with Crippen LogP contribution in [-0.2, 0) is 0 Å². The SMILES string of the molecule is c1ccc(N(c2ccc(-c3ccc4ccc5ccc6ccccc6c5c4c3)cc2)c2cccc3ccc4c5ccccc5sc4c23)cc1. The third-order valence-electron chi connectivity index (χ3n) is 9.81. The summed E-state index contributed by atoms with van der Waals surface area (Å²) < 4.78 is 2.65. The highest BCUT2D eigenvalue weighted by molar-refractivity contribution is 7.26. The second-order valence-corrected chi connectivity index (χ2v) is 13.6. The maximum atomic E-state index is 2.41. The van der Waals surface area contributed by atoms with E-state index in [9.17, 15) is 0 Å². The zero-order chi connectivity index (χ0) is 31.6. The molecule has 0 atom stereocenters. The first-order valence-corrected chi connectivity index (χ1v) is 17.2. The van der Waals surface area contributed by atoms with Gasteiger partial charge in [0, 0.05) is 36.9 Å². The van der Waals surface area contributed by atoms with E-state index in [2.05, 4.69) is 181 Å². The van der Waals surface area contributed by atoms with Crippen LogP contribution >= 0.6 is 11.3 Å². The highest BCUT2D eigenvalue weighted by Gasteiger charge is 2.19. The van der Waals surface area contributed by atoms with Gasteiger partial charge in [0.2, 0.25) is 0 Å². The molecule has 224 valence electrons. The van der Waals surface area contributed by atoms with Crippen molar-refractivity contribution < 1.29 is 0 Å². The summed E-state index contributed by atoms with van der Waals surface area (Å²) in [5.74, 6) is 0. The number of rotatable bonds is 4. The molecule has 10 rings (SSSR count). The van der Waals surface area contributed by atoms with Gasteiger partial charge in [-0.2, -0.15) is 0 Å². The normalized spacial score (nSPS) is 11.8. The summed E-state index contributed by atoms with van der Waals surface area (Å²) in [5, 5.41) is 12.9. The van der Waals surface area contributed by atoms with Crippen molar-refractivity contribution in [1.82, 2.24) is 0 Å². The Kier molecular flexibility index (Phi) is 6.12. The first kappa shape index (κ1) is 27.2. The molecule has 1 aromatic heterocycles. The first-order valence-electron chi connectivity index (χ1n) is 16.4. The second kappa shape index (κ2) is 10.8. The van der Waals surface area contributed by atoms with Crippen molar-refractivity contribution in [3.8, 4) is 11.1 Å². The van der Waals surface area contributed by atoms with E-state index in [1.165, 1.54) is 80.1 Å². The minimum Gasteiger partial charge on any atom is -0.310 e. The average Bonchev–Trinajstić information content (AvgIpc) is 3.54. The van der Waals surface area contributed by atoms with Gasteiger partial charge in [-0.3, -0.25) is 0 Å². The molecule has 0 bridgehead atoms. The summed E-state index contributed by atoms with van der Waals surface area (Å²) in [7, 11) is 0.